The maximum atomic E-state index is 11.7. The molecule has 0 saturated carbocycles. The minimum atomic E-state index is -0.506. The first-order valence-corrected chi connectivity index (χ1v) is 6.92. The molecule has 0 radical (unpaired) electrons. The largest absolute Gasteiger partial charge is 0.444 e. The molecular formula is C16H26N2O2. The number of carbonyl (C=O) groups is 1. The number of hydrogen-bond donors (Lipinski definition) is 2. The summed E-state index contributed by atoms with van der Waals surface area (Å²) in [5.41, 5.74) is 9.13. The van der Waals surface area contributed by atoms with Gasteiger partial charge in [0.2, 0.25) is 0 Å². The molecule has 0 aromatic heterocycles. The zero-order valence-electron chi connectivity index (χ0n) is 13.3. The van der Waals surface area contributed by atoms with Gasteiger partial charge in [-0.2, -0.15) is 0 Å². The number of rotatable bonds is 3. The smallest absolute Gasteiger partial charge is 0.407 e. The summed E-state index contributed by atoms with van der Waals surface area (Å²) >= 11 is 0. The van der Waals surface area contributed by atoms with Crippen LogP contribution in [0.2, 0.25) is 0 Å². The molecule has 1 rings (SSSR count). The van der Waals surface area contributed by atoms with Crippen LogP contribution < -0.4 is 11.1 Å². The van der Waals surface area contributed by atoms with Gasteiger partial charge in [-0.15, -0.1) is 0 Å². The second-order valence-corrected chi connectivity index (χ2v) is 6.30. The Morgan fingerprint density at radius 1 is 1.25 bits per heavy atom. The minimum absolute atomic E-state index is 0.202. The molecule has 0 saturated heterocycles. The van der Waals surface area contributed by atoms with Gasteiger partial charge >= 0.3 is 6.09 Å². The monoisotopic (exact) mass is 278 g/mol. The van der Waals surface area contributed by atoms with Gasteiger partial charge in [-0.05, 0) is 58.2 Å². The van der Waals surface area contributed by atoms with E-state index in [1.807, 2.05) is 39.8 Å². The summed E-state index contributed by atoms with van der Waals surface area (Å²) in [4.78, 5) is 11.7. The lowest BCUT2D eigenvalue weighted by atomic mass is 9.97. The van der Waals surface area contributed by atoms with E-state index < -0.39 is 11.7 Å². The van der Waals surface area contributed by atoms with Gasteiger partial charge in [-0.25, -0.2) is 4.79 Å². The molecule has 3 N–H and O–H groups in total. The van der Waals surface area contributed by atoms with Crippen molar-refractivity contribution in [2.75, 3.05) is 0 Å². The number of aryl methyl sites for hydroxylation is 2. The molecule has 4 nitrogen and oxygen atoms in total. The summed E-state index contributed by atoms with van der Waals surface area (Å²) in [6.45, 7) is 11.5. The van der Waals surface area contributed by atoms with Crippen molar-refractivity contribution in [1.82, 2.24) is 5.32 Å². The lowest BCUT2D eigenvalue weighted by Crippen LogP contribution is -2.43. The Balaban J connectivity index is 2.69. The molecular weight excluding hydrogens is 252 g/mol. The highest BCUT2D eigenvalue weighted by Crippen LogP contribution is 2.18. The van der Waals surface area contributed by atoms with Crippen molar-refractivity contribution in [3.05, 3.63) is 34.9 Å². The third-order valence-corrected chi connectivity index (χ3v) is 3.20. The van der Waals surface area contributed by atoms with Gasteiger partial charge in [0.05, 0.1) is 0 Å². The normalized spacial score (nSPS) is 14.6. The van der Waals surface area contributed by atoms with Crippen LogP contribution in [0.5, 0.6) is 0 Å². The second-order valence-electron chi connectivity index (χ2n) is 6.30. The van der Waals surface area contributed by atoms with Crippen LogP contribution in [0.4, 0.5) is 4.79 Å². The fraction of sp³-hybridized carbons (Fsp3) is 0.562. The van der Waals surface area contributed by atoms with E-state index in [0.29, 0.717) is 0 Å². The highest BCUT2D eigenvalue weighted by molar-refractivity contribution is 5.68. The number of benzene rings is 1. The summed E-state index contributed by atoms with van der Waals surface area (Å²) in [7, 11) is 0. The maximum absolute atomic E-state index is 11.7. The number of nitrogens with one attached hydrogen (secondary N) is 1. The van der Waals surface area contributed by atoms with Crippen molar-refractivity contribution in [2.45, 2.75) is 59.2 Å². The van der Waals surface area contributed by atoms with Crippen molar-refractivity contribution >= 4 is 6.09 Å². The van der Waals surface area contributed by atoms with E-state index in [2.05, 4.69) is 25.2 Å². The van der Waals surface area contributed by atoms with E-state index in [-0.39, 0.29) is 12.1 Å². The number of ether oxygens (including phenoxy) is 1. The fourth-order valence-corrected chi connectivity index (χ4v) is 1.84. The lowest BCUT2D eigenvalue weighted by Gasteiger charge is -2.25. The molecule has 4 heteroatoms. The summed E-state index contributed by atoms with van der Waals surface area (Å²) in [5, 5.41) is 2.78. The van der Waals surface area contributed by atoms with Gasteiger partial charge in [0.15, 0.2) is 0 Å². The van der Waals surface area contributed by atoms with Crippen molar-refractivity contribution in [3.8, 4) is 0 Å². The second kappa shape index (κ2) is 6.27. The number of hydrogen-bond acceptors (Lipinski definition) is 3. The number of amides is 1. The molecule has 2 atom stereocenters. The van der Waals surface area contributed by atoms with Gasteiger partial charge in [0, 0.05) is 12.1 Å². The van der Waals surface area contributed by atoms with Crippen LogP contribution in [-0.4, -0.2) is 17.7 Å². The van der Waals surface area contributed by atoms with E-state index in [1.165, 1.54) is 11.1 Å². The van der Waals surface area contributed by atoms with E-state index in [9.17, 15) is 4.79 Å². The highest BCUT2D eigenvalue weighted by atomic mass is 16.6. The Morgan fingerprint density at radius 2 is 1.85 bits per heavy atom. The molecule has 0 aliphatic carbocycles. The molecule has 0 spiro atoms. The van der Waals surface area contributed by atoms with E-state index in [1.54, 1.807) is 0 Å². The first-order valence-electron chi connectivity index (χ1n) is 6.92. The number of nitrogens with two attached hydrogens (primary N) is 1. The van der Waals surface area contributed by atoms with Crippen molar-refractivity contribution in [2.24, 2.45) is 5.73 Å². The summed E-state index contributed by atoms with van der Waals surface area (Å²) in [6, 6.07) is 5.65. The molecule has 20 heavy (non-hydrogen) atoms. The average Bonchev–Trinajstić information content (AvgIpc) is 2.29. The molecule has 1 aromatic rings. The van der Waals surface area contributed by atoms with Crippen LogP contribution in [-0.2, 0) is 4.74 Å². The summed E-state index contributed by atoms with van der Waals surface area (Å²) < 4.78 is 5.23. The quantitative estimate of drug-likeness (QED) is 0.892. The Hall–Kier alpha value is -1.55. The Morgan fingerprint density at radius 3 is 2.35 bits per heavy atom. The van der Waals surface area contributed by atoms with Crippen molar-refractivity contribution < 1.29 is 9.53 Å². The number of carbonyl (C=O) groups excluding carboxylic acids is 1. The first kappa shape index (κ1) is 16.5. The van der Waals surface area contributed by atoms with E-state index in [0.717, 1.165) is 5.56 Å². The predicted molar refractivity (Wildman–Crippen MR) is 81.7 cm³/mol. The van der Waals surface area contributed by atoms with Gasteiger partial charge in [-0.3, -0.25) is 0 Å². The highest BCUT2D eigenvalue weighted by Gasteiger charge is 2.21. The molecule has 0 aliphatic heterocycles. The molecule has 0 heterocycles. The number of alkyl carbamates (subject to hydrolysis) is 1. The molecule has 0 aliphatic rings. The van der Waals surface area contributed by atoms with Gasteiger partial charge in [-0.1, -0.05) is 18.2 Å². The van der Waals surface area contributed by atoms with E-state index in [4.69, 9.17) is 10.5 Å². The SMILES string of the molecule is Cc1ccc(C(N)C(C)NC(=O)OC(C)(C)C)cc1C. The zero-order valence-corrected chi connectivity index (χ0v) is 13.3. The topological polar surface area (TPSA) is 64.3 Å². The summed E-state index contributed by atoms with van der Waals surface area (Å²) in [5.74, 6) is 0. The standard InChI is InChI=1S/C16H26N2O2/c1-10-7-8-13(9-11(10)2)14(17)12(3)18-15(19)20-16(4,5)6/h7-9,12,14H,17H2,1-6H3,(H,18,19). The van der Waals surface area contributed by atoms with Gasteiger partial charge in [0.25, 0.3) is 0 Å². The molecule has 112 valence electrons. The van der Waals surface area contributed by atoms with Crippen LogP contribution in [0.3, 0.4) is 0 Å². The molecule has 1 amide bonds. The van der Waals surface area contributed by atoms with Crippen molar-refractivity contribution in [1.29, 1.82) is 0 Å². The maximum Gasteiger partial charge on any atom is 0.407 e. The third kappa shape index (κ3) is 4.85. The minimum Gasteiger partial charge on any atom is -0.444 e. The molecule has 2 unspecified atom stereocenters. The van der Waals surface area contributed by atoms with Gasteiger partial charge in [0.1, 0.15) is 5.60 Å². The van der Waals surface area contributed by atoms with Gasteiger partial charge < -0.3 is 15.8 Å². The van der Waals surface area contributed by atoms with Crippen LogP contribution >= 0.6 is 0 Å². The zero-order chi connectivity index (χ0) is 15.5. The predicted octanol–water partition coefficient (Wildman–Crippen LogP) is 3.22. The summed E-state index contributed by atoms with van der Waals surface area (Å²) in [6.07, 6.45) is -0.440. The third-order valence-electron chi connectivity index (χ3n) is 3.20. The lowest BCUT2D eigenvalue weighted by molar-refractivity contribution is 0.0501. The Labute approximate surface area is 121 Å². The molecule has 1 aromatic carbocycles. The van der Waals surface area contributed by atoms with Crippen LogP contribution in [0.1, 0.15) is 50.4 Å². The van der Waals surface area contributed by atoms with Crippen molar-refractivity contribution in [3.63, 3.8) is 0 Å². The molecule has 0 bridgehead atoms. The molecule has 0 fully saturated rings. The average molecular weight is 278 g/mol. The van der Waals surface area contributed by atoms with Crippen LogP contribution in [0.25, 0.3) is 0 Å². The van der Waals surface area contributed by atoms with Crippen LogP contribution in [0, 0.1) is 13.8 Å². The fourth-order valence-electron chi connectivity index (χ4n) is 1.84. The Bertz CT molecular complexity index is 478. The Kier molecular flexibility index (Phi) is 5.17. The first-order chi connectivity index (χ1) is 9.10. The van der Waals surface area contributed by atoms with E-state index >= 15 is 0 Å². The van der Waals surface area contributed by atoms with Crippen LogP contribution in [0.15, 0.2) is 18.2 Å².